The number of alkyl halides is 3. The minimum atomic E-state index is -4.42. The highest BCUT2D eigenvalue weighted by Crippen LogP contribution is 2.39. The van der Waals surface area contributed by atoms with E-state index in [9.17, 15) is 18.0 Å². The molecule has 7 heteroatoms. The number of halogens is 3. The van der Waals surface area contributed by atoms with Gasteiger partial charge in [0.25, 0.3) is 0 Å². The second-order valence-corrected chi connectivity index (χ2v) is 3.91. The molecule has 0 radical (unpaired) electrons. The lowest BCUT2D eigenvalue weighted by molar-refractivity contribution is -0.182. The predicted octanol–water partition coefficient (Wildman–Crippen LogP) is 0.846. The SMILES string of the molecule is COC(=O)C(N)(COCC(F)(F)F)C1CC1. The van der Waals surface area contributed by atoms with E-state index in [1.54, 1.807) is 0 Å². The largest absolute Gasteiger partial charge is 0.468 e. The molecule has 0 heterocycles. The number of methoxy groups -OCH3 is 1. The molecule has 0 bridgehead atoms. The summed E-state index contributed by atoms with van der Waals surface area (Å²) in [5.74, 6) is -0.870. The van der Waals surface area contributed by atoms with Gasteiger partial charge < -0.3 is 15.2 Å². The first-order valence-corrected chi connectivity index (χ1v) is 4.81. The Bertz CT molecular complexity index is 265. The van der Waals surface area contributed by atoms with Crippen LogP contribution in [0.1, 0.15) is 12.8 Å². The van der Waals surface area contributed by atoms with Gasteiger partial charge in [-0.05, 0) is 18.8 Å². The van der Waals surface area contributed by atoms with Crippen LogP contribution in [0.2, 0.25) is 0 Å². The maximum absolute atomic E-state index is 11.8. The lowest BCUT2D eigenvalue weighted by atomic mass is 9.96. The summed E-state index contributed by atoms with van der Waals surface area (Å²) >= 11 is 0. The summed E-state index contributed by atoms with van der Waals surface area (Å²) in [5.41, 5.74) is 4.28. The quantitative estimate of drug-likeness (QED) is 0.725. The van der Waals surface area contributed by atoms with Crippen LogP contribution in [0.15, 0.2) is 0 Å². The molecule has 0 spiro atoms. The molecule has 0 saturated heterocycles. The number of rotatable bonds is 5. The van der Waals surface area contributed by atoms with Crippen molar-refractivity contribution in [2.24, 2.45) is 11.7 Å². The Morgan fingerprint density at radius 1 is 1.38 bits per heavy atom. The van der Waals surface area contributed by atoms with Crippen LogP contribution in [0, 0.1) is 5.92 Å². The van der Waals surface area contributed by atoms with Gasteiger partial charge in [-0.2, -0.15) is 13.2 Å². The summed E-state index contributed by atoms with van der Waals surface area (Å²) in [6, 6.07) is 0. The molecule has 0 amide bonds. The number of carbonyl (C=O) groups excluding carboxylic acids is 1. The van der Waals surface area contributed by atoms with Crippen molar-refractivity contribution in [3.8, 4) is 0 Å². The molecule has 1 saturated carbocycles. The van der Waals surface area contributed by atoms with Crippen LogP contribution >= 0.6 is 0 Å². The highest BCUT2D eigenvalue weighted by atomic mass is 19.4. The summed E-state index contributed by atoms with van der Waals surface area (Å²) in [7, 11) is 1.15. The van der Waals surface area contributed by atoms with Gasteiger partial charge >= 0.3 is 12.1 Å². The fourth-order valence-corrected chi connectivity index (χ4v) is 1.47. The predicted molar refractivity (Wildman–Crippen MR) is 48.5 cm³/mol. The molecule has 1 atom stereocenters. The van der Waals surface area contributed by atoms with E-state index in [2.05, 4.69) is 9.47 Å². The number of nitrogens with two attached hydrogens (primary N) is 1. The van der Waals surface area contributed by atoms with Gasteiger partial charge in [-0.25, -0.2) is 4.79 Å². The molecule has 1 unspecified atom stereocenters. The Balaban J connectivity index is 2.49. The lowest BCUT2D eigenvalue weighted by Crippen LogP contribution is -2.55. The molecule has 0 aromatic carbocycles. The second kappa shape index (κ2) is 4.58. The van der Waals surface area contributed by atoms with Crippen molar-refractivity contribution < 1.29 is 27.4 Å². The molecule has 2 N–H and O–H groups in total. The van der Waals surface area contributed by atoms with Crippen LogP contribution in [0.5, 0.6) is 0 Å². The van der Waals surface area contributed by atoms with Gasteiger partial charge in [0.2, 0.25) is 0 Å². The van der Waals surface area contributed by atoms with Crippen molar-refractivity contribution >= 4 is 5.97 Å². The first-order valence-electron chi connectivity index (χ1n) is 4.81. The topological polar surface area (TPSA) is 61.5 Å². The highest BCUT2D eigenvalue weighted by Gasteiger charge is 2.49. The summed E-state index contributed by atoms with van der Waals surface area (Å²) in [4.78, 5) is 11.4. The van der Waals surface area contributed by atoms with Gasteiger partial charge in [0, 0.05) is 0 Å². The zero-order valence-electron chi connectivity index (χ0n) is 8.84. The van der Waals surface area contributed by atoms with Crippen LogP contribution in [-0.4, -0.2) is 38.0 Å². The van der Waals surface area contributed by atoms with E-state index in [4.69, 9.17) is 5.73 Å². The van der Waals surface area contributed by atoms with Crippen LogP contribution in [0.25, 0.3) is 0 Å². The van der Waals surface area contributed by atoms with Crippen molar-refractivity contribution in [2.45, 2.75) is 24.6 Å². The summed E-state index contributed by atoms with van der Waals surface area (Å²) < 4.78 is 44.5. The Morgan fingerprint density at radius 2 is 1.94 bits per heavy atom. The maximum Gasteiger partial charge on any atom is 0.411 e. The number of hydrogen-bond donors (Lipinski definition) is 1. The molecule has 1 aliphatic rings. The normalized spacial score (nSPS) is 20.3. The average Bonchev–Trinajstić information content (AvgIpc) is 2.97. The molecule has 16 heavy (non-hydrogen) atoms. The van der Waals surface area contributed by atoms with Crippen molar-refractivity contribution in [3.05, 3.63) is 0 Å². The number of hydrogen-bond acceptors (Lipinski definition) is 4. The summed E-state index contributed by atoms with van der Waals surface area (Å²) in [6.07, 6.45) is -3.00. The van der Waals surface area contributed by atoms with Crippen molar-refractivity contribution in [1.82, 2.24) is 0 Å². The smallest absolute Gasteiger partial charge is 0.411 e. The Labute approximate surface area is 90.9 Å². The third kappa shape index (κ3) is 3.34. The fourth-order valence-electron chi connectivity index (χ4n) is 1.47. The Hall–Kier alpha value is -0.820. The Kier molecular flexibility index (Phi) is 3.80. The van der Waals surface area contributed by atoms with Gasteiger partial charge in [-0.15, -0.1) is 0 Å². The number of ether oxygens (including phenoxy) is 2. The van der Waals surface area contributed by atoms with Crippen LogP contribution < -0.4 is 5.73 Å². The fraction of sp³-hybridized carbons (Fsp3) is 0.889. The monoisotopic (exact) mass is 241 g/mol. The molecule has 4 nitrogen and oxygen atoms in total. The second-order valence-electron chi connectivity index (χ2n) is 3.91. The average molecular weight is 241 g/mol. The Morgan fingerprint density at radius 3 is 2.31 bits per heavy atom. The van der Waals surface area contributed by atoms with Gasteiger partial charge in [-0.1, -0.05) is 0 Å². The number of esters is 1. The molecule has 1 fully saturated rings. The molecule has 0 aromatic heterocycles. The molecule has 0 aliphatic heterocycles. The van der Waals surface area contributed by atoms with E-state index in [1.807, 2.05) is 0 Å². The van der Waals surface area contributed by atoms with Crippen molar-refractivity contribution in [3.63, 3.8) is 0 Å². The van der Waals surface area contributed by atoms with Gasteiger partial charge in [0.1, 0.15) is 12.1 Å². The van der Waals surface area contributed by atoms with Crippen LogP contribution in [-0.2, 0) is 14.3 Å². The number of carbonyl (C=O) groups is 1. The van der Waals surface area contributed by atoms with Crippen LogP contribution in [0.4, 0.5) is 13.2 Å². The summed E-state index contributed by atoms with van der Waals surface area (Å²) in [6.45, 7) is -1.88. The van der Waals surface area contributed by atoms with E-state index in [0.717, 1.165) is 7.11 Å². The van der Waals surface area contributed by atoms with Crippen LogP contribution in [0.3, 0.4) is 0 Å². The van der Waals surface area contributed by atoms with Gasteiger partial charge in [-0.3, -0.25) is 0 Å². The standard InChI is InChI=1S/C9H14F3NO3/c1-15-7(14)8(13,6-2-3-6)4-16-5-9(10,11)12/h6H,2-5,13H2,1H3. The van der Waals surface area contributed by atoms with Gasteiger partial charge in [0.05, 0.1) is 13.7 Å². The minimum absolute atomic E-state index is 0.145. The third-order valence-corrected chi connectivity index (χ3v) is 2.48. The van der Waals surface area contributed by atoms with E-state index >= 15 is 0 Å². The van der Waals surface area contributed by atoms with E-state index in [-0.39, 0.29) is 5.92 Å². The van der Waals surface area contributed by atoms with E-state index in [0.29, 0.717) is 12.8 Å². The zero-order valence-corrected chi connectivity index (χ0v) is 8.84. The molecule has 0 aromatic rings. The molecule has 1 rings (SSSR count). The van der Waals surface area contributed by atoms with Crippen molar-refractivity contribution in [2.75, 3.05) is 20.3 Å². The molecular weight excluding hydrogens is 227 g/mol. The van der Waals surface area contributed by atoms with E-state index < -0.39 is 30.9 Å². The zero-order chi connectivity index (χ0) is 12.4. The maximum atomic E-state index is 11.8. The lowest BCUT2D eigenvalue weighted by Gasteiger charge is -2.26. The summed E-state index contributed by atoms with van der Waals surface area (Å²) in [5, 5.41) is 0. The highest BCUT2D eigenvalue weighted by molar-refractivity contribution is 5.81. The van der Waals surface area contributed by atoms with Crippen molar-refractivity contribution in [1.29, 1.82) is 0 Å². The molecular formula is C9H14F3NO3. The van der Waals surface area contributed by atoms with Gasteiger partial charge in [0.15, 0.2) is 0 Å². The molecule has 94 valence electrons. The molecule has 1 aliphatic carbocycles. The minimum Gasteiger partial charge on any atom is -0.468 e. The van der Waals surface area contributed by atoms with E-state index in [1.165, 1.54) is 0 Å². The first kappa shape index (κ1) is 13.2. The third-order valence-electron chi connectivity index (χ3n) is 2.48. The first-order chi connectivity index (χ1) is 7.29.